The molecule has 1 atom stereocenters. The fourth-order valence-electron chi connectivity index (χ4n) is 3.31. The van der Waals surface area contributed by atoms with Crippen LogP contribution in [0.15, 0.2) is 30.5 Å². The van der Waals surface area contributed by atoms with Gasteiger partial charge in [0.05, 0.1) is 19.7 Å². The van der Waals surface area contributed by atoms with Gasteiger partial charge in [-0.2, -0.15) is 0 Å². The molecule has 1 aromatic carbocycles. The van der Waals surface area contributed by atoms with Crippen LogP contribution in [-0.4, -0.2) is 57.1 Å². The zero-order valence-corrected chi connectivity index (χ0v) is 14.7. The molecule has 8 nitrogen and oxygen atoms in total. The highest BCUT2D eigenvalue weighted by atomic mass is 16.5. The Morgan fingerprint density at radius 3 is 2.88 bits per heavy atom. The molecule has 26 heavy (non-hydrogen) atoms. The van der Waals surface area contributed by atoms with E-state index < -0.39 is 5.97 Å². The SMILES string of the molecule is COc1ccccc1CC(=O)N1CCCC(Cn2cc(C(=O)O)nn2)C1. The number of nitrogens with zero attached hydrogens (tertiary/aromatic N) is 4. The number of hydrogen-bond donors (Lipinski definition) is 1. The predicted octanol–water partition coefficient (Wildman–Crippen LogP) is 1.47. The van der Waals surface area contributed by atoms with Crippen molar-refractivity contribution in [1.82, 2.24) is 19.9 Å². The van der Waals surface area contributed by atoms with Crippen molar-refractivity contribution in [2.45, 2.75) is 25.8 Å². The lowest BCUT2D eigenvalue weighted by atomic mass is 9.97. The van der Waals surface area contributed by atoms with Gasteiger partial charge in [-0.15, -0.1) is 5.10 Å². The minimum Gasteiger partial charge on any atom is -0.496 e. The van der Waals surface area contributed by atoms with E-state index in [4.69, 9.17) is 9.84 Å². The number of carboxylic acid groups (broad SMARTS) is 1. The molecular formula is C18H22N4O4. The van der Waals surface area contributed by atoms with Gasteiger partial charge in [0, 0.05) is 25.2 Å². The molecule has 3 rings (SSSR count). The second-order valence-corrected chi connectivity index (χ2v) is 6.47. The van der Waals surface area contributed by atoms with Crippen LogP contribution in [-0.2, 0) is 17.8 Å². The van der Waals surface area contributed by atoms with E-state index in [0.29, 0.717) is 19.5 Å². The van der Waals surface area contributed by atoms with Crippen molar-refractivity contribution >= 4 is 11.9 Å². The molecular weight excluding hydrogens is 336 g/mol. The molecule has 138 valence electrons. The van der Waals surface area contributed by atoms with Crippen molar-refractivity contribution in [2.75, 3.05) is 20.2 Å². The average molecular weight is 358 g/mol. The van der Waals surface area contributed by atoms with E-state index in [-0.39, 0.29) is 17.5 Å². The average Bonchev–Trinajstić information content (AvgIpc) is 3.11. The lowest BCUT2D eigenvalue weighted by Crippen LogP contribution is -2.41. The number of amides is 1. The Morgan fingerprint density at radius 2 is 2.15 bits per heavy atom. The fraction of sp³-hybridized carbons (Fsp3) is 0.444. The molecule has 0 bridgehead atoms. The van der Waals surface area contributed by atoms with E-state index in [1.165, 1.54) is 6.20 Å². The van der Waals surface area contributed by atoms with Crippen LogP contribution < -0.4 is 4.74 Å². The van der Waals surface area contributed by atoms with Crippen molar-refractivity contribution < 1.29 is 19.4 Å². The molecule has 1 amide bonds. The lowest BCUT2D eigenvalue weighted by Gasteiger charge is -2.32. The van der Waals surface area contributed by atoms with Crippen molar-refractivity contribution in [3.05, 3.63) is 41.7 Å². The lowest BCUT2D eigenvalue weighted by molar-refractivity contribution is -0.132. The molecule has 1 aliphatic heterocycles. The first-order valence-electron chi connectivity index (χ1n) is 8.60. The monoisotopic (exact) mass is 358 g/mol. The number of rotatable bonds is 6. The van der Waals surface area contributed by atoms with Gasteiger partial charge in [-0.25, -0.2) is 4.79 Å². The molecule has 0 spiro atoms. The summed E-state index contributed by atoms with van der Waals surface area (Å²) in [5.41, 5.74) is 0.814. The number of aromatic nitrogens is 3. The van der Waals surface area contributed by atoms with E-state index in [1.807, 2.05) is 29.2 Å². The topological polar surface area (TPSA) is 97.5 Å². The van der Waals surface area contributed by atoms with Gasteiger partial charge in [0.2, 0.25) is 5.91 Å². The van der Waals surface area contributed by atoms with Crippen LogP contribution in [0.1, 0.15) is 28.9 Å². The van der Waals surface area contributed by atoms with Gasteiger partial charge in [0.1, 0.15) is 5.75 Å². The zero-order chi connectivity index (χ0) is 18.5. The Balaban J connectivity index is 1.60. The molecule has 1 unspecified atom stereocenters. The second-order valence-electron chi connectivity index (χ2n) is 6.47. The molecule has 0 aliphatic carbocycles. The molecule has 2 aromatic rings. The van der Waals surface area contributed by atoms with Gasteiger partial charge in [0.15, 0.2) is 5.69 Å². The number of benzene rings is 1. The Morgan fingerprint density at radius 1 is 1.35 bits per heavy atom. The third-order valence-corrected chi connectivity index (χ3v) is 4.61. The van der Waals surface area contributed by atoms with Crippen LogP contribution in [0.4, 0.5) is 0 Å². The summed E-state index contributed by atoms with van der Waals surface area (Å²) in [5, 5.41) is 16.4. The first-order chi connectivity index (χ1) is 12.6. The molecule has 1 saturated heterocycles. The highest BCUT2D eigenvalue weighted by molar-refractivity contribution is 5.84. The first kappa shape index (κ1) is 17.9. The van der Waals surface area contributed by atoms with Crippen molar-refractivity contribution in [2.24, 2.45) is 5.92 Å². The van der Waals surface area contributed by atoms with Crippen molar-refractivity contribution in [3.8, 4) is 5.75 Å². The van der Waals surface area contributed by atoms with Crippen LogP contribution >= 0.6 is 0 Å². The number of piperidine rings is 1. The zero-order valence-electron chi connectivity index (χ0n) is 14.7. The van der Waals surface area contributed by atoms with Crippen molar-refractivity contribution in [1.29, 1.82) is 0 Å². The molecule has 1 fully saturated rings. The van der Waals surface area contributed by atoms with Gasteiger partial charge in [-0.1, -0.05) is 23.4 Å². The maximum absolute atomic E-state index is 12.7. The van der Waals surface area contributed by atoms with Crippen molar-refractivity contribution in [3.63, 3.8) is 0 Å². The maximum Gasteiger partial charge on any atom is 0.358 e. The molecule has 0 saturated carbocycles. The minimum atomic E-state index is -1.09. The number of carboxylic acids is 1. The number of methoxy groups -OCH3 is 1. The molecule has 2 heterocycles. The number of carbonyl (C=O) groups is 2. The Kier molecular flexibility index (Phi) is 5.50. The van der Waals surface area contributed by atoms with Crippen LogP contribution in [0.3, 0.4) is 0 Å². The minimum absolute atomic E-state index is 0.0649. The van der Waals surface area contributed by atoms with Gasteiger partial charge in [-0.05, 0) is 24.8 Å². The van der Waals surface area contributed by atoms with Gasteiger partial charge < -0.3 is 14.7 Å². The third kappa shape index (κ3) is 4.19. The van der Waals surface area contributed by atoms with Crippen LogP contribution in [0.2, 0.25) is 0 Å². The van der Waals surface area contributed by atoms with E-state index in [0.717, 1.165) is 30.7 Å². The smallest absolute Gasteiger partial charge is 0.358 e. The third-order valence-electron chi connectivity index (χ3n) is 4.61. The summed E-state index contributed by atoms with van der Waals surface area (Å²) in [7, 11) is 1.60. The fourth-order valence-corrected chi connectivity index (χ4v) is 3.31. The molecule has 1 aliphatic rings. The molecule has 1 N–H and O–H groups in total. The predicted molar refractivity (Wildman–Crippen MR) is 93.0 cm³/mol. The van der Waals surface area contributed by atoms with Gasteiger partial charge in [-0.3, -0.25) is 9.48 Å². The summed E-state index contributed by atoms with van der Waals surface area (Å²) in [6.45, 7) is 1.93. The number of aromatic carboxylic acids is 1. The summed E-state index contributed by atoms with van der Waals surface area (Å²) in [6.07, 6.45) is 3.63. The summed E-state index contributed by atoms with van der Waals surface area (Å²) in [6, 6.07) is 7.54. The molecule has 0 radical (unpaired) electrons. The quantitative estimate of drug-likeness (QED) is 0.840. The Hall–Kier alpha value is -2.90. The van der Waals surface area contributed by atoms with E-state index in [1.54, 1.807) is 11.8 Å². The highest BCUT2D eigenvalue weighted by Gasteiger charge is 2.25. The normalized spacial score (nSPS) is 17.1. The molecule has 1 aromatic heterocycles. The number of likely N-dealkylation sites (tertiary alicyclic amines) is 1. The van der Waals surface area contributed by atoms with Crippen LogP contribution in [0.5, 0.6) is 5.75 Å². The first-order valence-corrected chi connectivity index (χ1v) is 8.60. The Bertz CT molecular complexity index is 789. The summed E-state index contributed by atoms with van der Waals surface area (Å²) in [5.74, 6) is -0.0653. The number of carbonyl (C=O) groups excluding carboxylic acids is 1. The summed E-state index contributed by atoms with van der Waals surface area (Å²) in [4.78, 5) is 25.5. The van der Waals surface area contributed by atoms with Crippen LogP contribution in [0, 0.1) is 5.92 Å². The Labute approximate surface area is 151 Å². The van der Waals surface area contributed by atoms with E-state index >= 15 is 0 Å². The largest absolute Gasteiger partial charge is 0.496 e. The number of para-hydroxylation sites is 1. The van der Waals surface area contributed by atoms with Crippen LogP contribution in [0.25, 0.3) is 0 Å². The second kappa shape index (κ2) is 7.99. The summed E-state index contributed by atoms with van der Waals surface area (Å²) < 4.78 is 6.86. The number of hydrogen-bond acceptors (Lipinski definition) is 5. The van der Waals surface area contributed by atoms with Gasteiger partial charge in [0.25, 0.3) is 0 Å². The maximum atomic E-state index is 12.7. The van der Waals surface area contributed by atoms with Gasteiger partial charge >= 0.3 is 5.97 Å². The molecule has 8 heteroatoms. The number of ether oxygens (including phenoxy) is 1. The van der Waals surface area contributed by atoms with E-state index in [2.05, 4.69) is 10.3 Å². The van der Waals surface area contributed by atoms with E-state index in [9.17, 15) is 9.59 Å². The summed E-state index contributed by atoms with van der Waals surface area (Å²) >= 11 is 0. The highest BCUT2D eigenvalue weighted by Crippen LogP contribution is 2.22. The standard InChI is InChI=1S/C18H22N4O4/c1-26-16-7-3-2-6-14(16)9-17(23)21-8-4-5-13(10-21)11-22-12-15(18(24)25)19-20-22/h2-3,6-7,12-13H,4-5,8-11H2,1H3,(H,24,25).